The number of nitrogens with one attached hydrogen (secondary N) is 1. The molecule has 1 fully saturated rings. The van der Waals surface area contributed by atoms with Crippen LogP contribution in [-0.2, 0) is 13.1 Å². The summed E-state index contributed by atoms with van der Waals surface area (Å²) in [5, 5.41) is 3.42. The van der Waals surface area contributed by atoms with E-state index in [0.29, 0.717) is 12.6 Å². The van der Waals surface area contributed by atoms with Gasteiger partial charge >= 0.3 is 0 Å². The Bertz CT molecular complexity index is 596. The molecule has 0 bridgehead atoms. The van der Waals surface area contributed by atoms with E-state index in [-0.39, 0.29) is 5.82 Å². The normalized spacial score (nSPS) is 14.2. The van der Waals surface area contributed by atoms with E-state index in [1.807, 2.05) is 30.3 Å². The summed E-state index contributed by atoms with van der Waals surface area (Å²) in [5.41, 5.74) is 3.00. The van der Waals surface area contributed by atoms with Gasteiger partial charge in [-0.1, -0.05) is 6.07 Å². The zero-order chi connectivity index (χ0) is 14.7. The molecule has 1 N–H and O–H groups in total. The predicted molar refractivity (Wildman–Crippen MR) is 82.6 cm³/mol. The first-order valence-corrected chi connectivity index (χ1v) is 7.33. The van der Waals surface area contributed by atoms with Gasteiger partial charge in [-0.05, 0) is 48.2 Å². The summed E-state index contributed by atoms with van der Waals surface area (Å²) in [4.78, 5) is 6.15. The number of pyridine rings is 1. The van der Waals surface area contributed by atoms with E-state index in [1.165, 1.54) is 12.8 Å². The van der Waals surface area contributed by atoms with Gasteiger partial charge in [-0.3, -0.25) is 4.98 Å². The van der Waals surface area contributed by atoms with Crippen LogP contribution in [0.5, 0.6) is 0 Å². The van der Waals surface area contributed by atoms with Crippen LogP contribution < -0.4 is 10.2 Å². The molecule has 0 saturated heterocycles. The lowest BCUT2D eigenvalue weighted by molar-refractivity contribution is 0.619. The molecule has 110 valence electrons. The third-order valence-electron chi connectivity index (χ3n) is 3.70. The Hall–Kier alpha value is -1.94. The Morgan fingerprint density at radius 2 is 2.14 bits per heavy atom. The smallest absolute Gasteiger partial charge is 0.125 e. The SMILES string of the molecule is CN(Cc1cccnc1)c1cc(F)cc(CNC2CC2)c1. The minimum atomic E-state index is -0.182. The van der Waals surface area contributed by atoms with Crippen molar-refractivity contribution in [1.82, 2.24) is 10.3 Å². The van der Waals surface area contributed by atoms with Gasteiger partial charge in [0, 0.05) is 44.3 Å². The molecule has 0 atom stereocenters. The van der Waals surface area contributed by atoms with Gasteiger partial charge in [0.1, 0.15) is 5.82 Å². The van der Waals surface area contributed by atoms with Crippen LogP contribution >= 0.6 is 0 Å². The second kappa shape index (κ2) is 6.22. The summed E-state index contributed by atoms with van der Waals surface area (Å²) in [6.07, 6.45) is 6.07. The minimum Gasteiger partial charge on any atom is -0.370 e. The van der Waals surface area contributed by atoms with E-state index in [0.717, 1.165) is 23.4 Å². The number of halogens is 1. The molecular formula is C17H20FN3. The van der Waals surface area contributed by atoms with Gasteiger partial charge in [-0.2, -0.15) is 0 Å². The van der Waals surface area contributed by atoms with Crippen molar-refractivity contribution in [2.75, 3.05) is 11.9 Å². The largest absolute Gasteiger partial charge is 0.370 e. The zero-order valence-corrected chi connectivity index (χ0v) is 12.2. The van der Waals surface area contributed by atoms with Crippen LogP contribution in [0.4, 0.5) is 10.1 Å². The number of hydrogen-bond acceptors (Lipinski definition) is 3. The first-order valence-electron chi connectivity index (χ1n) is 7.33. The maximum Gasteiger partial charge on any atom is 0.125 e. The van der Waals surface area contributed by atoms with Crippen molar-refractivity contribution in [3.8, 4) is 0 Å². The van der Waals surface area contributed by atoms with Crippen molar-refractivity contribution in [2.24, 2.45) is 0 Å². The molecule has 0 radical (unpaired) electrons. The quantitative estimate of drug-likeness (QED) is 0.884. The second-order valence-corrected chi connectivity index (χ2v) is 5.69. The van der Waals surface area contributed by atoms with E-state index in [4.69, 9.17) is 0 Å². The molecule has 0 aliphatic heterocycles. The van der Waals surface area contributed by atoms with Crippen LogP contribution in [0.1, 0.15) is 24.0 Å². The zero-order valence-electron chi connectivity index (χ0n) is 12.2. The average Bonchev–Trinajstić information content (AvgIpc) is 3.30. The van der Waals surface area contributed by atoms with Crippen molar-refractivity contribution < 1.29 is 4.39 Å². The summed E-state index contributed by atoms with van der Waals surface area (Å²) >= 11 is 0. The van der Waals surface area contributed by atoms with Gasteiger partial charge in [-0.25, -0.2) is 4.39 Å². The molecule has 21 heavy (non-hydrogen) atoms. The van der Waals surface area contributed by atoms with E-state index in [9.17, 15) is 4.39 Å². The molecule has 1 aliphatic rings. The van der Waals surface area contributed by atoms with E-state index in [2.05, 4.69) is 16.4 Å². The van der Waals surface area contributed by atoms with Gasteiger partial charge < -0.3 is 10.2 Å². The Morgan fingerprint density at radius 1 is 1.29 bits per heavy atom. The number of nitrogens with zero attached hydrogens (tertiary/aromatic N) is 2. The Morgan fingerprint density at radius 3 is 2.86 bits per heavy atom. The third kappa shape index (κ3) is 4.02. The molecule has 1 heterocycles. The van der Waals surface area contributed by atoms with Gasteiger partial charge in [-0.15, -0.1) is 0 Å². The van der Waals surface area contributed by atoms with Crippen LogP contribution in [0.25, 0.3) is 0 Å². The summed E-state index contributed by atoms with van der Waals surface area (Å²) in [6.45, 7) is 1.45. The predicted octanol–water partition coefficient (Wildman–Crippen LogP) is 3.11. The van der Waals surface area contributed by atoms with Crippen LogP contribution in [0.2, 0.25) is 0 Å². The Balaban J connectivity index is 1.70. The number of rotatable bonds is 6. The molecule has 3 nitrogen and oxygen atoms in total. The summed E-state index contributed by atoms with van der Waals surface area (Å²) in [7, 11) is 1.97. The highest BCUT2D eigenvalue weighted by Gasteiger charge is 2.20. The molecule has 0 unspecified atom stereocenters. The lowest BCUT2D eigenvalue weighted by Gasteiger charge is -2.20. The lowest BCUT2D eigenvalue weighted by Crippen LogP contribution is -2.18. The first kappa shape index (κ1) is 14.0. The van der Waals surface area contributed by atoms with Crippen molar-refractivity contribution in [1.29, 1.82) is 0 Å². The van der Waals surface area contributed by atoms with Crippen molar-refractivity contribution in [2.45, 2.75) is 32.0 Å². The Kier molecular flexibility index (Phi) is 4.15. The van der Waals surface area contributed by atoms with Crippen molar-refractivity contribution in [3.63, 3.8) is 0 Å². The van der Waals surface area contributed by atoms with E-state index >= 15 is 0 Å². The molecule has 2 aromatic rings. The van der Waals surface area contributed by atoms with Gasteiger partial charge in [0.25, 0.3) is 0 Å². The molecule has 1 aromatic carbocycles. The lowest BCUT2D eigenvalue weighted by atomic mass is 10.1. The van der Waals surface area contributed by atoms with Crippen LogP contribution in [0.3, 0.4) is 0 Å². The molecular weight excluding hydrogens is 265 g/mol. The maximum atomic E-state index is 13.8. The van der Waals surface area contributed by atoms with Crippen LogP contribution in [-0.4, -0.2) is 18.1 Å². The Labute approximate surface area is 124 Å². The third-order valence-corrected chi connectivity index (χ3v) is 3.70. The van der Waals surface area contributed by atoms with Crippen LogP contribution in [0.15, 0.2) is 42.7 Å². The molecule has 1 aromatic heterocycles. The number of benzene rings is 1. The standard InChI is InChI=1S/C17H20FN3/c1-21(12-13-3-2-6-19-10-13)17-8-14(7-15(18)9-17)11-20-16-4-5-16/h2-3,6-10,16,20H,4-5,11-12H2,1H3. The topological polar surface area (TPSA) is 28.2 Å². The molecule has 1 saturated carbocycles. The van der Waals surface area contributed by atoms with E-state index in [1.54, 1.807) is 18.3 Å². The van der Waals surface area contributed by atoms with Crippen molar-refractivity contribution in [3.05, 3.63) is 59.7 Å². The number of hydrogen-bond donors (Lipinski definition) is 1. The fraction of sp³-hybridized carbons (Fsp3) is 0.353. The number of aromatic nitrogens is 1. The highest BCUT2D eigenvalue weighted by Crippen LogP contribution is 2.22. The summed E-state index contributed by atoms with van der Waals surface area (Å²) in [5.74, 6) is -0.182. The highest BCUT2D eigenvalue weighted by atomic mass is 19.1. The molecule has 3 rings (SSSR count). The molecule has 1 aliphatic carbocycles. The van der Waals surface area contributed by atoms with Gasteiger partial charge in [0.2, 0.25) is 0 Å². The fourth-order valence-electron chi connectivity index (χ4n) is 2.36. The maximum absolute atomic E-state index is 13.8. The molecule has 0 spiro atoms. The summed E-state index contributed by atoms with van der Waals surface area (Å²) < 4.78 is 13.8. The monoisotopic (exact) mass is 285 g/mol. The molecule has 0 amide bonds. The van der Waals surface area contributed by atoms with Gasteiger partial charge in [0.15, 0.2) is 0 Å². The van der Waals surface area contributed by atoms with Crippen LogP contribution in [0, 0.1) is 5.82 Å². The minimum absolute atomic E-state index is 0.182. The van der Waals surface area contributed by atoms with Crippen molar-refractivity contribution >= 4 is 5.69 Å². The number of anilines is 1. The van der Waals surface area contributed by atoms with Gasteiger partial charge in [0.05, 0.1) is 0 Å². The highest BCUT2D eigenvalue weighted by molar-refractivity contribution is 5.49. The fourth-order valence-corrected chi connectivity index (χ4v) is 2.36. The second-order valence-electron chi connectivity index (χ2n) is 5.69. The van der Waals surface area contributed by atoms with E-state index < -0.39 is 0 Å². The summed E-state index contributed by atoms with van der Waals surface area (Å²) in [6, 6.07) is 9.81. The average molecular weight is 285 g/mol. The molecule has 4 heteroatoms. The first-order chi connectivity index (χ1) is 10.2.